The van der Waals surface area contributed by atoms with E-state index in [-0.39, 0.29) is 5.38 Å². The number of ether oxygens (including phenoxy) is 1. The Morgan fingerprint density at radius 3 is 2.71 bits per heavy atom. The van der Waals surface area contributed by atoms with Gasteiger partial charge in [-0.2, -0.15) is 0 Å². The smallest absolute Gasteiger partial charge is 0.0696 e. The van der Waals surface area contributed by atoms with Crippen LogP contribution < -0.4 is 0 Å². The van der Waals surface area contributed by atoms with Gasteiger partial charge in [0.15, 0.2) is 0 Å². The second kappa shape index (κ2) is 7.22. The second-order valence-corrected chi connectivity index (χ2v) is 5.37. The van der Waals surface area contributed by atoms with Crippen LogP contribution in [0.15, 0.2) is 18.2 Å². The van der Waals surface area contributed by atoms with Crippen LogP contribution in [-0.2, 0) is 11.3 Å². The van der Waals surface area contributed by atoms with Gasteiger partial charge in [0.1, 0.15) is 0 Å². The highest BCUT2D eigenvalue weighted by molar-refractivity contribution is 6.31. The molecular formula is C13H19Cl2NO. The fourth-order valence-corrected chi connectivity index (χ4v) is 2.36. The zero-order chi connectivity index (χ0) is 12.8. The molecule has 0 radical (unpaired) electrons. The monoisotopic (exact) mass is 275 g/mol. The van der Waals surface area contributed by atoms with Crippen molar-refractivity contribution in [1.82, 2.24) is 4.90 Å². The summed E-state index contributed by atoms with van der Waals surface area (Å²) in [6.07, 6.45) is 0. The van der Waals surface area contributed by atoms with E-state index in [2.05, 4.69) is 17.0 Å². The van der Waals surface area contributed by atoms with E-state index in [1.165, 1.54) is 5.56 Å². The molecule has 0 N–H and O–H groups in total. The maximum Gasteiger partial charge on any atom is 0.0696 e. The largest absolute Gasteiger partial charge is 0.383 e. The summed E-state index contributed by atoms with van der Waals surface area (Å²) in [5, 5.41) is 0.823. The molecule has 0 amide bonds. The van der Waals surface area contributed by atoms with Crippen LogP contribution in [0, 0.1) is 6.92 Å². The number of alkyl halides is 1. The lowest BCUT2D eigenvalue weighted by molar-refractivity contribution is 0.181. The lowest BCUT2D eigenvalue weighted by atomic mass is 10.1. The number of benzene rings is 1. The predicted octanol–water partition coefficient (Wildman–Crippen LogP) is 3.33. The maximum absolute atomic E-state index is 6.19. The Bertz CT molecular complexity index is 357. The van der Waals surface area contributed by atoms with Gasteiger partial charge in [0.2, 0.25) is 0 Å². The van der Waals surface area contributed by atoms with Gasteiger partial charge in [-0.05, 0) is 31.2 Å². The van der Waals surface area contributed by atoms with E-state index in [0.717, 1.165) is 23.7 Å². The van der Waals surface area contributed by atoms with Crippen molar-refractivity contribution >= 4 is 23.2 Å². The molecule has 0 saturated carbocycles. The van der Waals surface area contributed by atoms with E-state index in [9.17, 15) is 0 Å². The van der Waals surface area contributed by atoms with Crippen LogP contribution in [0.1, 0.15) is 11.1 Å². The third-order valence-electron chi connectivity index (χ3n) is 2.51. The van der Waals surface area contributed by atoms with Crippen molar-refractivity contribution in [2.45, 2.75) is 18.8 Å². The van der Waals surface area contributed by atoms with Crippen LogP contribution in [0.5, 0.6) is 0 Å². The van der Waals surface area contributed by atoms with Crippen LogP contribution in [-0.4, -0.2) is 37.6 Å². The van der Waals surface area contributed by atoms with E-state index in [4.69, 9.17) is 27.9 Å². The average molecular weight is 276 g/mol. The molecule has 2 nitrogen and oxygen atoms in total. The Morgan fingerprint density at radius 2 is 2.12 bits per heavy atom. The number of hydrogen-bond acceptors (Lipinski definition) is 2. The maximum atomic E-state index is 6.19. The minimum Gasteiger partial charge on any atom is -0.383 e. The van der Waals surface area contributed by atoms with Gasteiger partial charge in [-0.1, -0.05) is 23.7 Å². The van der Waals surface area contributed by atoms with Crippen LogP contribution >= 0.6 is 23.2 Å². The summed E-state index contributed by atoms with van der Waals surface area (Å²) in [6.45, 7) is 4.17. The fourth-order valence-electron chi connectivity index (χ4n) is 1.71. The first-order valence-electron chi connectivity index (χ1n) is 5.59. The molecule has 0 aliphatic heterocycles. The number of aryl methyl sites for hydroxylation is 1. The molecule has 1 aromatic carbocycles. The van der Waals surface area contributed by atoms with E-state index in [1.807, 2.05) is 20.0 Å². The Morgan fingerprint density at radius 1 is 1.41 bits per heavy atom. The van der Waals surface area contributed by atoms with Crippen molar-refractivity contribution in [2.24, 2.45) is 0 Å². The first kappa shape index (κ1) is 14.8. The third kappa shape index (κ3) is 5.26. The number of rotatable bonds is 6. The first-order valence-corrected chi connectivity index (χ1v) is 6.41. The quantitative estimate of drug-likeness (QED) is 0.739. The third-order valence-corrected chi connectivity index (χ3v) is 3.12. The molecular weight excluding hydrogens is 257 g/mol. The van der Waals surface area contributed by atoms with Gasteiger partial charge in [0.05, 0.1) is 12.0 Å². The lowest BCUT2D eigenvalue weighted by Gasteiger charge is -2.20. The minimum absolute atomic E-state index is 0.00854. The number of nitrogens with zero attached hydrogens (tertiary/aromatic N) is 1. The molecule has 0 aliphatic carbocycles. The van der Waals surface area contributed by atoms with Gasteiger partial charge < -0.3 is 9.64 Å². The zero-order valence-corrected chi connectivity index (χ0v) is 12.1. The lowest BCUT2D eigenvalue weighted by Crippen LogP contribution is -2.28. The van der Waals surface area contributed by atoms with Gasteiger partial charge in [0.25, 0.3) is 0 Å². The normalized spacial score (nSPS) is 13.1. The Labute approximate surface area is 113 Å². The summed E-state index contributed by atoms with van der Waals surface area (Å²) in [6, 6.07) is 6.12. The number of hydrogen-bond donors (Lipinski definition) is 0. The predicted molar refractivity (Wildman–Crippen MR) is 74.0 cm³/mol. The summed E-state index contributed by atoms with van der Waals surface area (Å²) >= 11 is 12.3. The number of methoxy groups -OCH3 is 1. The van der Waals surface area contributed by atoms with Gasteiger partial charge in [-0.25, -0.2) is 0 Å². The van der Waals surface area contributed by atoms with Gasteiger partial charge in [-0.15, -0.1) is 11.6 Å². The van der Waals surface area contributed by atoms with E-state index in [1.54, 1.807) is 7.11 Å². The molecule has 4 heteroatoms. The van der Waals surface area contributed by atoms with Crippen LogP contribution in [0.2, 0.25) is 5.02 Å². The van der Waals surface area contributed by atoms with Gasteiger partial charge in [0, 0.05) is 25.2 Å². The highest BCUT2D eigenvalue weighted by atomic mass is 35.5. The Kier molecular flexibility index (Phi) is 6.28. The molecule has 0 bridgehead atoms. The molecule has 1 atom stereocenters. The summed E-state index contributed by atoms with van der Waals surface area (Å²) in [5.74, 6) is 0. The molecule has 0 saturated heterocycles. The van der Waals surface area contributed by atoms with Crippen LogP contribution in [0.25, 0.3) is 0 Å². The Hall–Kier alpha value is -0.280. The molecule has 1 unspecified atom stereocenters. The summed E-state index contributed by atoms with van der Waals surface area (Å²) in [5.41, 5.74) is 2.30. The SMILES string of the molecule is COCC(Cl)CN(C)Cc1ccc(C)cc1Cl. The van der Waals surface area contributed by atoms with E-state index < -0.39 is 0 Å². The fraction of sp³-hybridized carbons (Fsp3) is 0.538. The standard InChI is InChI=1S/C13H19Cl2NO/c1-10-4-5-11(13(15)6-10)7-16(2)8-12(14)9-17-3/h4-6,12H,7-9H2,1-3H3. The summed E-state index contributed by atoms with van der Waals surface area (Å²) < 4.78 is 5.01. The average Bonchev–Trinajstić information content (AvgIpc) is 2.22. The number of halogens is 2. The van der Waals surface area contributed by atoms with Crippen molar-refractivity contribution in [3.63, 3.8) is 0 Å². The molecule has 0 spiro atoms. The summed E-state index contributed by atoms with van der Waals surface area (Å²) in [7, 11) is 3.69. The van der Waals surface area contributed by atoms with Crippen molar-refractivity contribution < 1.29 is 4.74 Å². The zero-order valence-electron chi connectivity index (χ0n) is 10.5. The second-order valence-electron chi connectivity index (χ2n) is 4.34. The van der Waals surface area contributed by atoms with Gasteiger partial charge >= 0.3 is 0 Å². The highest BCUT2D eigenvalue weighted by Gasteiger charge is 2.10. The molecule has 96 valence electrons. The van der Waals surface area contributed by atoms with Crippen molar-refractivity contribution in [3.8, 4) is 0 Å². The van der Waals surface area contributed by atoms with E-state index >= 15 is 0 Å². The van der Waals surface area contributed by atoms with Crippen molar-refractivity contribution in [2.75, 3.05) is 27.3 Å². The van der Waals surface area contributed by atoms with E-state index in [0.29, 0.717) is 6.61 Å². The molecule has 0 aliphatic rings. The highest BCUT2D eigenvalue weighted by Crippen LogP contribution is 2.19. The molecule has 0 aromatic heterocycles. The van der Waals surface area contributed by atoms with Gasteiger partial charge in [-0.3, -0.25) is 0 Å². The minimum atomic E-state index is 0.00854. The molecule has 0 heterocycles. The summed E-state index contributed by atoms with van der Waals surface area (Å²) in [4.78, 5) is 2.15. The Balaban J connectivity index is 2.52. The first-order chi connectivity index (χ1) is 8.02. The molecule has 0 fully saturated rings. The topological polar surface area (TPSA) is 12.5 Å². The van der Waals surface area contributed by atoms with Crippen LogP contribution in [0.3, 0.4) is 0 Å². The van der Waals surface area contributed by atoms with Crippen molar-refractivity contribution in [1.29, 1.82) is 0 Å². The molecule has 17 heavy (non-hydrogen) atoms. The van der Waals surface area contributed by atoms with Crippen molar-refractivity contribution in [3.05, 3.63) is 34.3 Å². The molecule has 1 aromatic rings. The molecule has 1 rings (SSSR count). The van der Waals surface area contributed by atoms with Crippen LogP contribution in [0.4, 0.5) is 0 Å².